The lowest BCUT2D eigenvalue weighted by atomic mass is 9.65. The molecule has 3 fully saturated rings. The summed E-state index contributed by atoms with van der Waals surface area (Å²) in [5.74, 6) is 3.40. The summed E-state index contributed by atoms with van der Waals surface area (Å²) < 4.78 is 5.30. The van der Waals surface area contributed by atoms with Crippen molar-refractivity contribution in [3.05, 3.63) is 11.7 Å². The van der Waals surface area contributed by atoms with Crippen LogP contribution < -0.4 is 5.73 Å². The molecule has 2 aliphatic carbocycles. The Hall–Kier alpha value is -1.43. The van der Waals surface area contributed by atoms with Crippen LogP contribution in [0.4, 0.5) is 0 Å². The highest BCUT2D eigenvalue weighted by molar-refractivity contribution is 5.79. The molecule has 1 saturated heterocycles. The summed E-state index contributed by atoms with van der Waals surface area (Å²) in [7, 11) is 0. The van der Waals surface area contributed by atoms with Crippen molar-refractivity contribution in [2.24, 2.45) is 23.5 Å². The molecule has 132 valence electrons. The number of piperidine rings is 1. The van der Waals surface area contributed by atoms with E-state index in [1.54, 1.807) is 0 Å². The van der Waals surface area contributed by atoms with Crippen LogP contribution in [-0.4, -0.2) is 40.1 Å². The summed E-state index contributed by atoms with van der Waals surface area (Å²) in [6, 6.07) is 0.328. The smallest absolute Gasteiger partial charge is 0.229 e. The third-order valence-electron chi connectivity index (χ3n) is 6.46. The number of fused-ring (bicyclic) bond motifs is 2. The summed E-state index contributed by atoms with van der Waals surface area (Å²) in [5, 5.41) is 3.88. The summed E-state index contributed by atoms with van der Waals surface area (Å²) in [5.41, 5.74) is 6.36. The second-order valence-corrected chi connectivity index (χ2v) is 7.98. The summed E-state index contributed by atoms with van der Waals surface area (Å²) >= 11 is 0. The fraction of sp³-hybridized carbons (Fsp3) is 0.833. The van der Waals surface area contributed by atoms with E-state index in [1.165, 1.54) is 19.3 Å². The second-order valence-electron chi connectivity index (χ2n) is 7.98. The molecule has 4 rings (SSSR count). The Morgan fingerprint density at radius 1 is 1.17 bits per heavy atom. The van der Waals surface area contributed by atoms with Crippen molar-refractivity contribution in [1.82, 2.24) is 15.0 Å². The van der Waals surface area contributed by atoms with Crippen molar-refractivity contribution in [2.75, 3.05) is 13.1 Å². The van der Waals surface area contributed by atoms with E-state index in [9.17, 15) is 4.79 Å². The number of nitrogens with zero attached hydrogens (tertiary/aromatic N) is 3. The van der Waals surface area contributed by atoms with E-state index >= 15 is 0 Å². The topological polar surface area (TPSA) is 85.2 Å². The minimum atomic E-state index is 0.197. The molecule has 1 amide bonds. The van der Waals surface area contributed by atoms with Crippen LogP contribution in [0.5, 0.6) is 0 Å². The molecule has 0 aromatic carbocycles. The van der Waals surface area contributed by atoms with Crippen LogP contribution in [0.2, 0.25) is 0 Å². The number of aryl methyl sites for hydroxylation is 1. The minimum Gasteiger partial charge on any atom is -0.342 e. The SMILES string of the molecule is Cc1noc(C2CCN(C(=O)C3CC4CCCC(C3)C4N)CC2)n1. The van der Waals surface area contributed by atoms with Crippen molar-refractivity contribution >= 4 is 5.91 Å². The molecule has 3 aliphatic rings. The number of nitrogens with two attached hydrogens (primary N) is 1. The van der Waals surface area contributed by atoms with Crippen LogP contribution in [0.15, 0.2) is 4.52 Å². The number of aromatic nitrogens is 2. The van der Waals surface area contributed by atoms with Gasteiger partial charge in [0.2, 0.25) is 11.8 Å². The molecule has 0 spiro atoms. The quantitative estimate of drug-likeness (QED) is 0.897. The molecule has 24 heavy (non-hydrogen) atoms. The molecule has 1 aromatic rings. The highest BCUT2D eigenvalue weighted by atomic mass is 16.5. The molecular weight excluding hydrogens is 304 g/mol. The Morgan fingerprint density at radius 2 is 1.83 bits per heavy atom. The van der Waals surface area contributed by atoms with Crippen LogP contribution in [-0.2, 0) is 4.79 Å². The lowest BCUT2D eigenvalue weighted by Gasteiger charge is -2.45. The normalized spacial score (nSPS) is 34.3. The molecule has 2 saturated carbocycles. The van der Waals surface area contributed by atoms with Gasteiger partial charge in [0.15, 0.2) is 5.82 Å². The molecule has 2 atom stereocenters. The zero-order valence-corrected chi connectivity index (χ0v) is 14.5. The first-order valence-corrected chi connectivity index (χ1v) is 9.46. The highest BCUT2D eigenvalue weighted by Gasteiger charge is 2.42. The molecular formula is C18H28N4O2. The average Bonchev–Trinajstić information content (AvgIpc) is 3.01. The molecule has 0 radical (unpaired) electrons. The number of hydrogen-bond donors (Lipinski definition) is 1. The lowest BCUT2D eigenvalue weighted by molar-refractivity contribution is -0.139. The fourth-order valence-electron chi connectivity index (χ4n) is 5.07. The van der Waals surface area contributed by atoms with Gasteiger partial charge in [-0.2, -0.15) is 4.98 Å². The van der Waals surface area contributed by atoms with Gasteiger partial charge in [0.05, 0.1) is 0 Å². The van der Waals surface area contributed by atoms with Gasteiger partial charge in [-0.15, -0.1) is 0 Å². The molecule has 1 aliphatic heterocycles. The number of amides is 1. The van der Waals surface area contributed by atoms with Gasteiger partial charge in [-0.3, -0.25) is 4.79 Å². The van der Waals surface area contributed by atoms with E-state index in [4.69, 9.17) is 10.3 Å². The second kappa shape index (κ2) is 6.47. The third kappa shape index (κ3) is 2.96. The number of carbonyl (C=O) groups excluding carboxylic acids is 1. The van der Waals surface area contributed by atoms with Crippen LogP contribution in [0.25, 0.3) is 0 Å². The van der Waals surface area contributed by atoms with E-state index in [0.717, 1.165) is 44.7 Å². The molecule has 1 aromatic heterocycles. The summed E-state index contributed by atoms with van der Waals surface area (Å²) in [6.45, 7) is 3.46. The Morgan fingerprint density at radius 3 is 2.42 bits per heavy atom. The maximum absolute atomic E-state index is 13.0. The lowest BCUT2D eigenvalue weighted by Crippen LogP contribution is -2.50. The van der Waals surface area contributed by atoms with Gasteiger partial charge in [0, 0.05) is 31.0 Å². The Labute approximate surface area is 143 Å². The monoisotopic (exact) mass is 332 g/mol. The molecule has 6 heteroatoms. The van der Waals surface area contributed by atoms with E-state index in [-0.39, 0.29) is 5.92 Å². The van der Waals surface area contributed by atoms with E-state index in [0.29, 0.717) is 35.5 Å². The molecule has 2 bridgehead atoms. The number of likely N-dealkylation sites (tertiary alicyclic amines) is 1. The van der Waals surface area contributed by atoms with Crippen molar-refractivity contribution in [3.8, 4) is 0 Å². The van der Waals surface area contributed by atoms with Gasteiger partial charge in [0.1, 0.15) is 0 Å². The van der Waals surface area contributed by atoms with Gasteiger partial charge in [-0.05, 0) is 57.3 Å². The van der Waals surface area contributed by atoms with Gasteiger partial charge >= 0.3 is 0 Å². The zero-order chi connectivity index (χ0) is 16.7. The fourth-order valence-corrected chi connectivity index (χ4v) is 5.07. The molecule has 2 unspecified atom stereocenters. The van der Waals surface area contributed by atoms with Gasteiger partial charge < -0.3 is 15.2 Å². The molecule has 2 N–H and O–H groups in total. The Bertz CT molecular complexity index is 580. The number of carbonyl (C=O) groups is 1. The summed E-state index contributed by atoms with van der Waals surface area (Å²) in [4.78, 5) is 19.4. The van der Waals surface area contributed by atoms with Crippen LogP contribution in [0.3, 0.4) is 0 Å². The van der Waals surface area contributed by atoms with Gasteiger partial charge in [0.25, 0.3) is 0 Å². The standard InChI is InChI=1S/C18H28N4O2/c1-11-20-17(24-21-11)12-5-7-22(8-6-12)18(23)15-9-13-3-2-4-14(10-15)16(13)19/h12-16H,2-10,19H2,1H3. The largest absolute Gasteiger partial charge is 0.342 e. The number of hydrogen-bond acceptors (Lipinski definition) is 5. The maximum Gasteiger partial charge on any atom is 0.229 e. The maximum atomic E-state index is 13.0. The van der Waals surface area contributed by atoms with E-state index < -0.39 is 0 Å². The Balaban J connectivity index is 1.35. The van der Waals surface area contributed by atoms with Crippen molar-refractivity contribution in [3.63, 3.8) is 0 Å². The minimum absolute atomic E-state index is 0.197. The predicted octanol–water partition coefficient (Wildman–Crippen LogP) is 2.24. The molecule has 6 nitrogen and oxygen atoms in total. The van der Waals surface area contributed by atoms with Crippen molar-refractivity contribution < 1.29 is 9.32 Å². The first-order valence-electron chi connectivity index (χ1n) is 9.46. The third-order valence-corrected chi connectivity index (χ3v) is 6.46. The van der Waals surface area contributed by atoms with E-state index in [2.05, 4.69) is 15.0 Å². The van der Waals surface area contributed by atoms with Crippen molar-refractivity contribution in [2.45, 2.75) is 63.8 Å². The highest BCUT2D eigenvalue weighted by Crippen LogP contribution is 2.42. The first kappa shape index (κ1) is 16.1. The zero-order valence-electron chi connectivity index (χ0n) is 14.5. The van der Waals surface area contributed by atoms with Gasteiger partial charge in [-0.1, -0.05) is 11.6 Å². The first-order chi connectivity index (χ1) is 11.6. The van der Waals surface area contributed by atoms with Crippen LogP contribution >= 0.6 is 0 Å². The predicted molar refractivity (Wildman–Crippen MR) is 89.1 cm³/mol. The number of rotatable bonds is 2. The van der Waals surface area contributed by atoms with Crippen molar-refractivity contribution in [1.29, 1.82) is 0 Å². The van der Waals surface area contributed by atoms with Crippen LogP contribution in [0.1, 0.15) is 62.6 Å². The van der Waals surface area contributed by atoms with Gasteiger partial charge in [-0.25, -0.2) is 0 Å². The molecule has 2 heterocycles. The van der Waals surface area contributed by atoms with E-state index in [1.807, 2.05) is 6.92 Å². The Kier molecular flexibility index (Phi) is 4.33. The summed E-state index contributed by atoms with van der Waals surface area (Å²) in [6.07, 6.45) is 7.55. The van der Waals surface area contributed by atoms with Crippen LogP contribution in [0, 0.1) is 24.7 Å². The average molecular weight is 332 g/mol.